The summed E-state index contributed by atoms with van der Waals surface area (Å²) in [5.74, 6) is 1.08. The van der Waals surface area contributed by atoms with E-state index in [1.807, 2.05) is 25.1 Å². The molecule has 2 nitrogen and oxygen atoms in total. The first-order chi connectivity index (χ1) is 6.77. The largest absolute Gasteiger partial charge is 0.458 e. The van der Waals surface area contributed by atoms with Crippen LogP contribution in [0.1, 0.15) is 21.9 Å². The van der Waals surface area contributed by atoms with Crippen LogP contribution in [0.5, 0.6) is 0 Å². The minimum absolute atomic E-state index is 0.0706. The van der Waals surface area contributed by atoms with E-state index in [1.165, 1.54) is 0 Å². The van der Waals surface area contributed by atoms with Crippen molar-refractivity contribution >= 4 is 5.78 Å². The SMILES string of the molecule is Cc1ccc(C(=O)c2ccccc2)o1. The Balaban J connectivity index is 2.34. The molecule has 0 aliphatic heterocycles. The number of benzene rings is 1. The summed E-state index contributed by atoms with van der Waals surface area (Å²) in [6.07, 6.45) is 0. The lowest BCUT2D eigenvalue weighted by Gasteiger charge is -1.95. The number of furan rings is 1. The fraction of sp³-hybridized carbons (Fsp3) is 0.0833. The molecule has 1 aromatic carbocycles. The van der Waals surface area contributed by atoms with Crippen LogP contribution < -0.4 is 0 Å². The zero-order chi connectivity index (χ0) is 9.97. The zero-order valence-corrected chi connectivity index (χ0v) is 7.86. The summed E-state index contributed by atoms with van der Waals surface area (Å²) in [6.45, 7) is 1.82. The van der Waals surface area contributed by atoms with Gasteiger partial charge in [-0.15, -0.1) is 0 Å². The van der Waals surface area contributed by atoms with Crippen LogP contribution in [0.2, 0.25) is 0 Å². The first kappa shape index (κ1) is 8.75. The van der Waals surface area contributed by atoms with Crippen molar-refractivity contribution < 1.29 is 9.21 Å². The van der Waals surface area contributed by atoms with Crippen LogP contribution >= 0.6 is 0 Å². The first-order valence-corrected chi connectivity index (χ1v) is 4.43. The maximum absolute atomic E-state index is 11.8. The van der Waals surface area contributed by atoms with Gasteiger partial charge in [-0.3, -0.25) is 4.79 Å². The molecule has 1 aromatic heterocycles. The van der Waals surface area contributed by atoms with E-state index in [9.17, 15) is 4.79 Å². The fourth-order valence-electron chi connectivity index (χ4n) is 1.29. The van der Waals surface area contributed by atoms with E-state index < -0.39 is 0 Å². The van der Waals surface area contributed by atoms with E-state index in [0.29, 0.717) is 11.3 Å². The third kappa shape index (κ3) is 1.59. The van der Waals surface area contributed by atoms with Crippen LogP contribution in [0.15, 0.2) is 46.9 Å². The summed E-state index contributed by atoms with van der Waals surface area (Å²) in [7, 11) is 0. The zero-order valence-electron chi connectivity index (χ0n) is 7.86. The Labute approximate surface area is 82.2 Å². The van der Waals surface area contributed by atoms with Crippen LogP contribution in [0.4, 0.5) is 0 Å². The Kier molecular flexibility index (Phi) is 2.19. The van der Waals surface area contributed by atoms with Gasteiger partial charge in [-0.05, 0) is 19.1 Å². The molecule has 0 aliphatic carbocycles. The maximum atomic E-state index is 11.8. The summed E-state index contributed by atoms with van der Waals surface area (Å²) < 4.78 is 5.25. The molecule has 0 N–H and O–H groups in total. The lowest BCUT2D eigenvalue weighted by atomic mass is 10.1. The van der Waals surface area contributed by atoms with Gasteiger partial charge in [-0.2, -0.15) is 0 Å². The van der Waals surface area contributed by atoms with Gasteiger partial charge in [-0.25, -0.2) is 0 Å². The van der Waals surface area contributed by atoms with Crippen LogP contribution in [-0.2, 0) is 0 Å². The molecule has 0 spiro atoms. The van der Waals surface area contributed by atoms with Crippen LogP contribution in [-0.4, -0.2) is 5.78 Å². The summed E-state index contributed by atoms with van der Waals surface area (Å²) in [5.41, 5.74) is 0.654. The third-order valence-corrected chi connectivity index (χ3v) is 2.00. The standard InChI is InChI=1S/C12H10O2/c1-9-7-8-11(14-9)12(13)10-5-3-2-4-6-10/h2-8H,1H3. The Morgan fingerprint density at radius 2 is 1.79 bits per heavy atom. The minimum atomic E-state index is -0.0706. The van der Waals surface area contributed by atoms with E-state index in [-0.39, 0.29) is 5.78 Å². The van der Waals surface area contributed by atoms with E-state index in [2.05, 4.69) is 0 Å². The average Bonchev–Trinajstić information content (AvgIpc) is 2.65. The Morgan fingerprint density at radius 3 is 2.36 bits per heavy atom. The molecule has 2 rings (SSSR count). The molecule has 2 aromatic rings. The second kappa shape index (κ2) is 3.50. The maximum Gasteiger partial charge on any atom is 0.228 e. The van der Waals surface area contributed by atoms with Gasteiger partial charge in [0.05, 0.1) is 0 Å². The third-order valence-electron chi connectivity index (χ3n) is 2.00. The van der Waals surface area contributed by atoms with Crippen molar-refractivity contribution in [2.45, 2.75) is 6.92 Å². The number of ketones is 1. The molecule has 0 saturated heterocycles. The van der Waals surface area contributed by atoms with Gasteiger partial charge < -0.3 is 4.42 Å². The minimum Gasteiger partial charge on any atom is -0.458 e. The van der Waals surface area contributed by atoms with Crippen molar-refractivity contribution in [3.8, 4) is 0 Å². The molecule has 0 atom stereocenters. The quantitative estimate of drug-likeness (QED) is 0.675. The molecular formula is C12H10O2. The molecule has 0 saturated carbocycles. The second-order valence-corrected chi connectivity index (χ2v) is 3.11. The van der Waals surface area contributed by atoms with Crippen LogP contribution in [0, 0.1) is 6.92 Å². The van der Waals surface area contributed by atoms with E-state index in [4.69, 9.17) is 4.42 Å². The molecule has 0 fully saturated rings. The fourth-order valence-corrected chi connectivity index (χ4v) is 1.29. The predicted molar refractivity (Wildman–Crippen MR) is 53.3 cm³/mol. The molecular weight excluding hydrogens is 176 g/mol. The first-order valence-electron chi connectivity index (χ1n) is 4.43. The van der Waals surface area contributed by atoms with Gasteiger partial charge in [0.1, 0.15) is 5.76 Å². The number of rotatable bonds is 2. The summed E-state index contributed by atoms with van der Waals surface area (Å²) >= 11 is 0. The predicted octanol–water partition coefficient (Wildman–Crippen LogP) is 2.82. The van der Waals surface area contributed by atoms with Gasteiger partial charge in [0.15, 0.2) is 5.76 Å². The van der Waals surface area contributed by atoms with Gasteiger partial charge in [-0.1, -0.05) is 30.3 Å². The highest BCUT2D eigenvalue weighted by atomic mass is 16.3. The highest BCUT2D eigenvalue weighted by molar-refractivity contribution is 6.07. The van der Waals surface area contributed by atoms with Gasteiger partial charge in [0.2, 0.25) is 5.78 Å². The van der Waals surface area contributed by atoms with Gasteiger partial charge in [0, 0.05) is 5.56 Å². The number of hydrogen-bond donors (Lipinski definition) is 0. The van der Waals surface area contributed by atoms with Crippen LogP contribution in [0.25, 0.3) is 0 Å². The molecule has 1 heterocycles. The highest BCUT2D eigenvalue weighted by Gasteiger charge is 2.11. The molecule has 70 valence electrons. The van der Waals surface area contributed by atoms with E-state index in [1.54, 1.807) is 24.3 Å². The molecule has 14 heavy (non-hydrogen) atoms. The van der Waals surface area contributed by atoms with E-state index >= 15 is 0 Å². The number of carbonyl (C=O) groups excluding carboxylic acids is 1. The number of carbonyl (C=O) groups is 1. The number of hydrogen-bond acceptors (Lipinski definition) is 2. The van der Waals surface area contributed by atoms with Crippen molar-refractivity contribution in [2.75, 3.05) is 0 Å². The molecule has 0 amide bonds. The Morgan fingerprint density at radius 1 is 1.07 bits per heavy atom. The summed E-state index contributed by atoms with van der Waals surface area (Å²) in [6, 6.07) is 12.6. The highest BCUT2D eigenvalue weighted by Crippen LogP contribution is 2.12. The van der Waals surface area contributed by atoms with Crippen molar-refractivity contribution in [2.24, 2.45) is 0 Å². The van der Waals surface area contributed by atoms with Gasteiger partial charge in [0.25, 0.3) is 0 Å². The monoisotopic (exact) mass is 186 g/mol. The van der Waals surface area contributed by atoms with Crippen molar-refractivity contribution in [3.05, 3.63) is 59.5 Å². The summed E-state index contributed by atoms with van der Waals surface area (Å²) in [5, 5.41) is 0. The van der Waals surface area contributed by atoms with Crippen molar-refractivity contribution in [3.63, 3.8) is 0 Å². The molecule has 0 unspecified atom stereocenters. The molecule has 2 heteroatoms. The lowest BCUT2D eigenvalue weighted by molar-refractivity contribution is 0.101. The average molecular weight is 186 g/mol. The van der Waals surface area contributed by atoms with Crippen molar-refractivity contribution in [1.29, 1.82) is 0 Å². The van der Waals surface area contributed by atoms with Crippen LogP contribution in [0.3, 0.4) is 0 Å². The Hall–Kier alpha value is -1.83. The molecule has 0 bridgehead atoms. The Bertz CT molecular complexity index is 440. The smallest absolute Gasteiger partial charge is 0.228 e. The number of aryl methyl sites for hydroxylation is 1. The van der Waals surface area contributed by atoms with E-state index in [0.717, 1.165) is 5.76 Å². The summed E-state index contributed by atoms with van der Waals surface area (Å²) in [4.78, 5) is 11.8. The molecule has 0 aliphatic rings. The second-order valence-electron chi connectivity index (χ2n) is 3.11. The lowest BCUT2D eigenvalue weighted by Crippen LogP contribution is -1.98. The topological polar surface area (TPSA) is 30.2 Å². The van der Waals surface area contributed by atoms with Gasteiger partial charge >= 0.3 is 0 Å². The normalized spacial score (nSPS) is 10.1. The van der Waals surface area contributed by atoms with Crippen molar-refractivity contribution in [1.82, 2.24) is 0 Å². The molecule has 0 radical (unpaired) electrons.